The average Bonchev–Trinajstić information content (AvgIpc) is 2.15. The van der Waals surface area contributed by atoms with Gasteiger partial charge >= 0.3 is 0 Å². The lowest BCUT2D eigenvalue weighted by molar-refractivity contribution is -0.112. The van der Waals surface area contributed by atoms with Gasteiger partial charge in [-0.15, -0.1) is 0 Å². The molecule has 0 spiro atoms. The molecule has 0 saturated heterocycles. The van der Waals surface area contributed by atoms with Gasteiger partial charge in [-0.05, 0) is 14.1 Å². The van der Waals surface area contributed by atoms with Crippen molar-refractivity contribution in [1.29, 1.82) is 0 Å². The van der Waals surface area contributed by atoms with Gasteiger partial charge in [-0.1, -0.05) is 0 Å². The SMILES string of the molecule is CN(C)CC1=NCCC1=O. The van der Waals surface area contributed by atoms with E-state index in [0.717, 1.165) is 5.71 Å². The maximum absolute atomic E-state index is 11.0. The summed E-state index contributed by atoms with van der Waals surface area (Å²) in [7, 11) is 3.88. The number of aliphatic imine (C=N–C) groups is 1. The van der Waals surface area contributed by atoms with Crippen LogP contribution in [-0.2, 0) is 4.79 Å². The van der Waals surface area contributed by atoms with Crippen molar-refractivity contribution >= 4 is 11.5 Å². The molecule has 1 aliphatic rings. The molecule has 0 radical (unpaired) electrons. The standard InChI is InChI=1S/C7H12N2O/c1-9(2)5-6-7(10)3-4-8-6/h3-5H2,1-2H3. The highest BCUT2D eigenvalue weighted by Crippen LogP contribution is 1.99. The molecule has 0 amide bonds. The predicted molar refractivity (Wildman–Crippen MR) is 40.5 cm³/mol. The summed E-state index contributed by atoms with van der Waals surface area (Å²) in [5, 5.41) is 0. The summed E-state index contributed by atoms with van der Waals surface area (Å²) in [6.45, 7) is 1.39. The van der Waals surface area contributed by atoms with Gasteiger partial charge in [0.25, 0.3) is 0 Å². The zero-order valence-electron chi connectivity index (χ0n) is 6.42. The van der Waals surface area contributed by atoms with Crippen molar-refractivity contribution in [2.24, 2.45) is 4.99 Å². The normalized spacial score (nSPS) is 18.3. The van der Waals surface area contributed by atoms with Crippen molar-refractivity contribution in [3.63, 3.8) is 0 Å². The molecular formula is C7H12N2O. The van der Waals surface area contributed by atoms with Gasteiger partial charge in [0, 0.05) is 19.5 Å². The van der Waals surface area contributed by atoms with Crippen molar-refractivity contribution in [3.05, 3.63) is 0 Å². The van der Waals surface area contributed by atoms with E-state index in [1.54, 1.807) is 0 Å². The van der Waals surface area contributed by atoms with Crippen LogP contribution in [0.25, 0.3) is 0 Å². The molecule has 0 aromatic heterocycles. The highest BCUT2D eigenvalue weighted by atomic mass is 16.1. The molecule has 0 fully saturated rings. The van der Waals surface area contributed by atoms with E-state index in [0.29, 0.717) is 19.5 Å². The fraction of sp³-hybridized carbons (Fsp3) is 0.714. The van der Waals surface area contributed by atoms with E-state index >= 15 is 0 Å². The van der Waals surface area contributed by atoms with Gasteiger partial charge in [0.2, 0.25) is 0 Å². The minimum Gasteiger partial charge on any atom is -0.303 e. The van der Waals surface area contributed by atoms with Crippen LogP contribution < -0.4 is 0 Å². The van der Waals surface area contributed by atoms with Crippen molar-refractivity contribution in [3.8, 4) is 0 Å². The summed E-state index contributed by atoms with van der Waals surface area (Å²) in [5.41, 5.74) is 0.741. The Kier molecular flexibility index (Phi) is 2.17. The highest BCUT2D eigenvalue weighted by molar-refractivity contribution is 6.42. The quantitative estimate of drug-likeness (QED) is 0.539. The van der Waals surface area contributed by atoms with Crippen LogP contribution in [0, 0.1) is 0 Å². The third kappa shape index (κ3) is 1.64. The summed E-state index contributed by atoms with van der Waals surface area (Å²) < 4.78 is 0. The molecular weight excluding hydrogens is 128 g/mol. The molecule has 3 heteroatoms. The lowest BCUT2D eigenvalue weighted by atomic mass is 10.2. The minimum absolute atomic E-state index is 0.216. The Bertz CT molecular complexity index is 172. The van der Waals surface area contributed by atoms with E-state index in [1.807, 2.05) is 19.0 Å². The summed E-state index contributed by atoms with van der Waals surface area (Å²) in [4.78, 5) is 17.0. The fourth-order valence-electron chi connectivity index (χ4n) is 0.963. The van der Waals surface area contributed by atoms with Crippen LogP contribution in [0.1, 0.15) is 6.42 Å². The van der Waals surface area contributed by atoms with Gasteiger partial charge in [0.1, 0.15) is 0 Å². The summed E-state index contributed by atoms with van der Waals surface area (Å²) >= 11 is 0. The summed E-state index contributed by atoms with van der Waals surface area (Å²) in [6.07, 6.45) is 0.614. The predicted octanol–water partition coefficient (Wildman–Crippen LogP) is -0.0382. The number of carbonyl (C=O) groups is 1. The van der Waals surface area contributed by atoms with Gasteiger partial charge in [-0.3, -0.25) is 9.79 Å². The smallest absolute Gasteiger partial charge is 0.179 e. The lowest BCUT2D eigenvalue weighted by Gasteiger charge is -2.06. The fourth-order valence-corrected chi connectivity index (χ4v) is 0.963. The minimum atomic E-state index is 0.216. The first-order valence-corrected chi connectivity index (χ1v) is 3.41. The van der Waals surface area contributed by atoms with Gasteiger partial charge < -0.3 is 4.90 Å². The van der Waals surface area contributed by atoms with E-state index in [2.05, 4.69) is 4.99 Å². The molecule has 0 saturated carbocycles. The molecule has 0 bridgehead atoms. The molecule has 3 nitrogen and oxygen atoms in total. The molecule has 1 aliphatic heterocycles. The van der Waals surface area contributed by atoms with E-state index in [4.69, 9.17) is 0 Å². The van der Waals surface area contributed by atoms with E-state index in [9.17, 15) is 4.79 Å². The Labute approximate surface area is 60.7 Å². The maximum atomic E-state index is 11.0. The van der Waals surface area contributed by atoms with Crippen LogP contribution in [0.2, 0.25) is 0 Å². The lowest BCUT2D eigenvalue weighted by Crippen LogP contribution is -2.25. The molecule has 0 aromatic rings. The number of Topliss-reactive ketones (excluding diaryl/α,β-unsaturated/α-hetero) is 1. The van der Waals surface area contributed by atoms with Crippen molar-refractivity contribution in [2.75, 3.05) is 27.2 Å². The van der Waals surface area contributed by atoms with Gasteiger partial charge in [-0.2, -0.15) is 0 Å². The largest absolute Gasteiger partial charge is 0.303 e. The molecule has 0 unspecified atom stereocenters. The molecule has 1 rings (SSSR count). The second-order valence-electron chi connectivity index (χ2n) is 2.74. The Hall–Kier alpha value is -0.700. The first kappa shape index (κ1) is 7.41. The van der Waals surface area contributed by atoms with Crippen molar-refractivity contribution in [1.82, 2.24) is 4.90 Å². The number of ketones is 1. The van der Waals surface area contributed by atoms with Crippen LogP contribution in [0.3, 0.4) is 0 Å². The molecule has 56 valence electrons. The van der Waals surface area contributed by atoms with Crippen molar-refractivity contribution < 1.29 is 4.79 Å². The Morgan fingerprint density at radius 3 is 2.70 bits per heavy atom. The number of carbonyl (C=O) groups excluding carboxylic acids is 1. The number of rotatable bonds is 2. The second-order valence-corrected chi connectivity index (χ2v) is 2.74. The molecule has 0 N–H and O–H groups in total. The van der Waals surface area contributed by atoms with E-state index < -0.39 is 0 Å². The average molecular weight is 140 g/mol. The molecule has 0 aliphatic carbocycles. The molecule has 0 atom stereocenters. The van der Waals surface area contributed by atoms with E-state index in [1.165, 1.54) is 0 Å². The van der Waals surface area contributed by atoms with Crippen molar-refractivity contribution in [2.45, 2.75) is 6.42 Å². The topological polar surface area (TPSA) is 32.7 Å². The summed E-state index contributed by atoms with van der Waals surface area (Å²) in [5.74, 6) is 0.216. The Morgan fingerprint density at radius 2 is 2.30 bits per heavy atom. The Morgan fingerprint density at radius 1 is 1.60 bits per heavy atom. The zero-order chi connectivity index (χ0) is 7.56. The summed E-state index contributed by atoms with van der Waals surface area (Å²) in [6, 6.07) is 0. The zero-order valence-corrected chi connectivity index (χ0v) is 6.42. The second kappa shape index (κ2) is 2.92. The maximum Gasteiger partial charge on any atom is 0.179 e. The van der Waals surface area contributed by atoms with Crippen LogP contribution >= 0.6 is 0 Å². The highest BCUT2D eigenvalue weighted by Gasteiger charge is 2.16. The molecule has 0 aromatic carbocycles. The van der Waals surface area contributed by atoms with Crippen LogP contribution in [0.4, 0.5) is 0 Å². The third-order valence-corrected chi connectivity index (χ3v) is 1.43. The molecule has 1 heterocycles. The first-order valence-electron chi connectivity index (χ1n) is 3.41. The van der Waals surface area contributed by atoms with Crippen LogP contribution in [0.15, 0.2) is 4.99 Å². The Balaban J connectivity index is 2.48. The number of nitrogens with zero attached hydrogens (tertiary/aromatic N) is 2. The van der Waals surface area contributed by atoms with Gasteiger partial charge in [-0.25, -0.2) is 0 Å². The van der Waals surface area contributed by atoms with Crippen LogP contribution in [0.5, 0.6) is 0 Å². The first-order chi connectivity index (χ1) is 4.70. The molecule has 10 heavy (non-hydrogen) atoms. The number of hydrogen-bond acceptors (Lipinski definition) is 3. The van der Waals surface area contributed by atoms with Crippen LogP contribution in [-0.4, -0.2) is 43.6 Å². The van der Waals surface area contributed by atoms with Gasteiger partial charge in [0.15, 0.2) is 5.78 Å². The number of hydrogen-bond donors (Lipinski definition) is 0. The monoisotopic (exact) mass is 140 g/mol. The van der Waals surface area contributed by atoms with Gasteiger partial charge in [0.05, 0.1) is 5.71 Å². The van der Waals surface area contributed by atoms with E-state index in [-0.39, 0.29) is 5.78 Å². The third-order valence-electron chi connectivity index (χ3n) is 1.43.